The van der Waals surface area contributed by atoms with Gasteiger partial charge in [0.15, 0.2) is 0 Å². The zero-order valence-electron chi connectivity index (χ0n) is 9.77. The summed E-state index contributed by atoms with van der Waals surface area (Å²) in [5.74, 6) is 0.760. The van der Waals surface area contributed by atoms with Gasteiger partial charge in [0.25, 0.3) is 0 Å². The Balaban J connectivity index is 2.44. The van der Waals surface area contributed by atoms with Gasteiger partial charge in [0, 0.05) is 21.9 Å². The Morgan fingerprint density at radius 2 is 1.72 bits per heavy atom. The van der Waals surface area contributed by atoms with E-state index in [0.717, 1.165) is 27.6 Å². The van der Waals surface area contributed by atoms with Crippen molar-refractivity contribution in [2.75, 3.05) is 12.8 Å². The third-order valence-electron chi connectivity index (χ3n) is 2.99. The minimum absolute atomic E-state index is 0.650. The highest BCUT2D eigenvalue weighted by Gasteiger charge is 2.07. The number of nitrogen functional groups attached to an aromatic ring is 1. The first-order chi connectivity index (χ1) is 8.69. The molecule has 0 unspecified atom stereocenters. The fourth-order valence-electron chi connectivity index (χ4n) is 2.06. The molecule has 3 rings (SSSR count). The molecule has 2 aromatic carbocycles. The van der Waals surface area contributed by atoms with Gasteiger partial charge in [0.2, 0.25) is 0 Å². The van der Waals surface area contributed by atoms with Crippen molar-refractivity contribution >= 4 is 39.1 Å². The van der Waals surface area contributed by atoms with Crippen molar-refractivity contribution in [3.63, 3.8) is 0 Å². The van der Waals surface area contributed by atoms with E-state index < -0.39 is 0 Å². The fourth-order valence-corrected chi connectivity index (χ4v) is 2.22. The van der Waals surface area contributed by atoms with E-state index in [-0.39, 0.29) is 0 Å². The number of benzene rings is 2. The minimum atomic E-state index is 0.650. The summed E-state index contributed by atoms with van der Waals surface area (Å²) < 4.78 is 5.19. The Kier molecular flexibility index (Phi) is 2.49. The van der Waals surface area contributed by atoms with E-state index >= 15 is 0 Å². The van der Waals surface area contributed by atoms with Gasteiger partial charge in [-0.2, -0.15) is 0 Å². The molecule has 0 atom stereocenters. The fraction of sp³-hybridized carbons (Fsp3) is 0.0714. The van der Waals surface area contributed by atoms with E-state index in [1.165, 1.54) is 0 Å². The maximum atomic E-state index is 6.17. The average molecular weight is 259 g/mol. The highest BCUT2D eigenvalue weighted by Crippen LogP contribution is 2.31. The number of pyridine rings is 1. The summed E-state index contributed by atoms with van der Waals surface area (Å²) in [6.45, 7) is 0. The number of nitrogens with zero attached hydrogens (tertiary/aromatic N) is 1. The first-order valence-corrected chi connectivity index (χ1v) is 5.89. The number of hydrogen-bond acceptors (Lipinski definition) is 3. The predicted molar refractivity (Wildman–Crippen MR) is 75.2 cm³/mol. The molecule has 0 spiro atoms. The summed E-state index contributed by atoms with van der Waals surface area (Å²) in [7, 11) is 1.63. The van der Waals surface area contributed by atoms with Crippen LogP contribution in [0.1, 0.15) is 0 Å². The van der Waals surface area contributed by atoms with Crippen molar-refractivity contribution in [2.45, 2.75) is 0 Å². The van der Waals surface area contributed by atoms with Crippen molar-refractivity contribution in [1.82, 2.24) is 4.98 Å². The van der Waals surface area contributed by atoms with Crippen molar-refractivity contribution in [2.24, 2.45) is 0 Å². The number of aromatic nitrogens is 1. The molecule has 0 saturated heterocycles. The van der Waals surface area contributed by atoms with Crippen LogP contribution in [0.25, 0.3) is 21.8 Å². The summed E-state index contributed by atoms with van der Waals surface area (Å²) in [4.78, 5) is 4.56. The molecule has 3 nitrogen and oxygen atoms in total. The molecule has 0 aliphatic carbocycles. The Morgan fingerprint density at radius 1 is 1.06 bits per heavy atom. The van der Waals surface area contributed by atoms with E-state index in [0.29, 0.717) is 10.7 Å². The van der Waals surface area contributed by atoms with Crippen LogP contribution in [0.5, 0.6) is 5.75 Å². The SMILES string of the molecule is COc1ccc2c(N)c3ccc(Cl)cc3nc2c1. The van der Waals surface area contributed by atoms with Crippen LogP contribution in [-0.2, 0) is 0 Å². The molecule has 1 aromatic heterocycles. The van der Waals surface area contributed by atoms with Crippen LogP contribution in [0.2, 0.25) is 5.02 Å². The second-order valence-corrected chi connectivity index (χ2v) is 4.51. The van der Waals surface area contributed by atoms with Crippen molar-refractivity contribution in [3.05, 3.63) is 41.4 Å². The van der Waals surface area contributed by atoms with Gasteiger partial charge in [0.05, 0.1) is 23.8 Å². The maximum absolute atomic E-state index is 6.17. The highest BCUT2D eigenvalue weighted by molar-refractivity contribution is 6.31. The van der Waals surface area contributed by atoms with Gasteiger partial charge in [-0.05, 0) is 30.3 Å². The second kappa shape index (κ2) is 4.03. The summed E-state index contributed by atoms with van der Waals surface area (Å²) in [5, 5.41) is 2.49. The van der Waals surface area contributed by atoms with Crippen LogP contribution in [0.3, 0.4) is 0 Å². The molecule has 3 aromatic rings. The standard InChI is InChI=1S/C14H11ClN2O/c1-18-9-3-5-11-13(7-9)17-12-6-8(15)2-4-10(12)14(11)16/h2-7H,1H3,(H2,16,17). The lowest BCUT2D eigenvalue weighted by molar-refractivity contribution is 0.415. The monoisotopic (exact) mass is 258 g/mol. The van der Waals surface area contributed by atoms with Crippen molar-refractivity contribution in [3.8, 4) is 5.75 Å². The third-order valence-corrected chi connectivity index (χ3v) is 3.22. The van der Waals surface area contributed by atoms with Crippen LogP contribution in [0.4, 0.5) is 5.69 Å². The first-order valence-electron chi connectivity index (χ1n) is 5.51. The van der Waals surface area contributed by atoms with Crippen molar-refractivity contribution in [1.29, 1.82) is 0 Å². The molecule has 0 aliphatic rings. The molecule has 2 N–H and O–H groups in total. The molecule has 1 heterocycles. The van der Waals surface area contributed by atoms with Gasteiger partial charge in [-0.1, -0.05) is 11.6 Å². The number of halogens is 1. The summed E-state index contributed by atoms with van der Waals surface area (Å²) >= 11 is 5.98. The van der Waals surface area contributed by atoms with E-state index in [1.54, 1.807) is 7.11 Å². The normalized spacial score (nSPS) is 11.0. The van der Waals surface area contributed by atoms with Gasteiger partial charge < -0.3 is 10.5 Å². The molecule has 0 amide bonds. The van der Waals surface area contributed by atoms with E-state index in [1.807, 2.05) is 36.4 Å². The predicted octanol–water partition coefficient (Wildman–Crippen LogP) is 3.63. The summed E-state index contributed by atoms with van der Waals surface area (Å²) in [6.07, 6.45) is 0. The number of rotatable bonds is 1. The van der Waals surface area contributed by atoms with Gasteiger partial charge in [-0.15, -0.1) is 0 Å². The zero-order chi connectivity index (χ0) is 12.7. The second-order valence-electron chi connectivity index (χ2n) is 4.07. The molecule has 0 bridgehead atoms. The lowest BCUT2D eigenvalue weighted by Crippen LogP contribution is -1.93. The van der Waals surface area contributed by atoms with Crippen LogP contribution in [-0.4, -0.2) is 12.1 Å². The van der Waals surface area contributed by atoms with E-state index in [4.69, 9.17) is 22.1 Å². The first kappa shape index (κ1) is 11.1. The van der Waals surface area contributed by atoms with Crippen molar-refractivity contribution < 1.29 is 4.74 Å². The van der Waals surface area contributed by atoms with E-state index in [9.17, 15) is 0 Å². The zero-order valence-corrected chi connectivity index (χ0v) is 10.5. The number of ether oxygens (including phenoxy) is 1. The van der Waals surface area contributed by atoms with Crippen LogP contribution in [0.15, 0.2) is 36.4 Å². The molecular weight excluding hydrogens is 248 g/mol. The maximum Gasteiger partial charge on any atom is 0.121 e. The average Bonchev–Trinajstić information content (AvgIpc) is 2.38. The van der Waals surface area contributed by atoms with Gasteiger partial charge in [0.1, 0.15) is 5.75 Å². The molecule has 4 heteroatoms. The Labute approximate surface area is 109 Å². The third kappa shape index (κ3) is 1.64. The lowest BCUT2D eigenvalue weighted by atomic mass is 10.1. The molecule has 0 aliphatic heterocycles. The quantitative estimate of drug-likeness (QED) is 0.678. The van der Waals surface area contributed by atoms with Crippen LogP contribution < -0.4 is 10.5 Å². The molecule has 0 fully saturated rings. The lowest BCUT2D eigenvalue weighted by Gasteiger charge is -2.08. The van der Waals surface area contributed by atoms with Crippen LogP contribution >= 0.6 is 11.6 Å². The number of nitrogens with two attached hydrogens (primary N) is 1. The topological polar surface area (TPSA) is 48.1 Å². The smallest absolute Gasteiger partial charge is 0.121 e. The van der Waals surface area contributed by atoms with Gasteiger partial charge in [-0.25, -0.2) is 4.98 Å². The molecular formula is C14H11ClN2O. The number of fused-ring (bicyclic) bond motifs is 2. The van der Waals surface area contributed by atoms with E-state index in [2.05, 4.69) is 4.98 Å². The summed E-state index contributed by atoms with van der Waals surface area (Å²) in [6, 6.07) is 11.2. The Morgan fingerprint density at radius 3 is 2.44 bits per heavy atom. The summed E-state index contributed by atoms with van der Waals surface area (Å²) in [5.41, 5.74) is 8.49. The highest BCUT2D eigenvalue weighted by atomic mass is 35.5. The Hall–Kier alpha value is -2.00. The molecule has 18 heavy (non-hydrogen) atoms. The minimum Gasteiger partial charge on any atom is -0.497 e. The number of anilines is 1. The molecule has 0 saturated carbocycles. The van der Waals surface area contributed by atoms with Gasteiger partial charge >= 0.3 is 0 Å². The molecule has 0 radical (unpaired) electrons. The Bertz CT molecular complexity index is 755. The molecule has 90 valence electrons. The largest absolute Gasteiger partial charge is 0.497 e. The van der Waals surface area contributed by atoms with Crippen LogP contribution in [0, 0.1) is 0 Å². The number of hydrogen-bond donors (Lipinski definition) is 1. The number of methoxy groups -OCH3 is 1. The van der Waals surface area contributed by atoms with Gasteiger partial charge in [-0.3, -0.25) is 0 Å².